The molecule has 0 aliphatic heterocycles. The Labute approximate surface area is 108 Å². The maximum atomic E-state index is 12.4. The van der Waals surface area contributed by atoms with E-state index in [0.29, 0.717) is 21.7 Å². The molecule has 0 radical (unpaired) electrons. The Morgan fingerprint density at radius 3 is 2.83 bits per heavy atom. The predicted molar refractivity (Wildman–Crippen MR) is 67.9 cm³/mol. The summed E-state index contributed by atoms with van der Waals surface area (Å²) in [4.78, 5) is 16.4. The molecule has 0 amide bonds. The molecule has 88 valence electrons. The van der Waals surface area contributed by atoms with Crippen molar-refractivity contribution in [2.45, 2.75) is 0 Å². The van der Waals surface area contributed by atoms with Crippen LogP contribution in [0.2, 0.25) is 5.02 Å². The first-order valence-corrected chi connectivity index (χ1v) is 5.72. The van der Waals surface area contributed by atoms with Crippen molar-refractivity contribution >= 4 is 22.9 Å². The van der Waals surface area contributed by atoms with Crippen LogP contribution in [0.1, 0.15) is 15.9 Å². The monoisotopic (exact) mass is 257 g/mol. The summed E-state index contributed by atoms with van der Waals surface area (Å²) < 4.78 is 1.61. The van der Waals surface area contributed by atoms with Crippen molar-refractivity contribution < 1.29 is 4.79 Å². The van der Waals surface area contributed by atoms with Crippen molar-refractivity contribution in [3.63, 3.8) is 0 Å². The summed E-state index contributed by atoms with van der Waals surface area (Å²) in [5.74, 6) is -0.149. The molecule has 18 heavy (non-hydrogen) atoms. The van der Waals surface area contributed by atoms with E-state index in [2.05, 4.69) is 10.1 Å². The second-order valence-corrected chi connectivity index (χ2v) is 4.18. The van der Waals surface area contributed by atoms with E-state index < -0.39 is 0 Å². The molecule has 2 aromatic heterocycles. The Balaban J connectivity index is 2.16. The summed E-state index contributed by atoms with van der Waals surface area (Å²) in [7, 11) is 0. The number of fused-ring (bicyclic) bond motifs is 1. The molecule has 0 unspecified atom stereocenters. The molecule has 0 saturated heterocycles. The number of halogens is 1. The van der Waals surface area contributed by atoms with Gasteiger partial charge in [0.25, 0.3) is 0 Å². The minimum Gasteiger partial charge on any atom is -0.288 e. The van der Waals surface area contributed by atoms with Crippen LogP contribution >= 0.6 is 11.6 Å². The number of aromatic nitrogens is 3. The van der Waals surface area contributed by atoms with Crippen LogP contribution < -0.4 is 0 Å². The number of carbonyl (C=O) groups is 1. The van der Waals surface area contributed by atoms with Gasteiger partial charge in [0.2, 0.25) is 0 Å². The molecule has 0 fully saturated rings. The number of hydrogen-bond acceptors (Lipinski definition) is 3. The fraction of sp³-hybridized carbons (Fsp3) is 0. The third kappa shape index (κ3) is 1.67. The van der Waals surface area contributed by atoms with Gasteiger partial charge in [-0.05, 0) is 12.1 Å². The number of rotatable bonds is 2. The van der Waals surface area contributed by atoms with Crippen LogP contribution in [0, 0.1) is 0 Å². The van der Waals surface area contributed by atoms with Crippen molar-refractivity contribution in [2.24, 2.45) is 0 Å². The molecule has 0 atom stereocenters. The van der Waals surface area contributed by atoms with Crippen LogP contribution in [0.5, 0.6) is 0 Å². The van der Waals surface area contributed by atoms with E-state index in [4.69, 9.17) is 11.6 Å². The topological polar surface area (TPSA) is 47.3 Å². The van der Waals surface area contributed by atoms with E-state index in [1.165, 1.54) is 6.20 Å². The van der Waals surface area contributed by atoms with Gasteiger partial charge in [0, 0.05) is 18.0 Å². The summed E-state index contributed by atoms with van der Waals surface area (Å²) in [5, 5.41) is 4.54. The smallest absolute Gasteiger partial charge is 0.198 e. The lowest BCUT2D eigenvalue weighted by Crippen LogP contribution is -2.01. The minimum atomic E-state index is -0.149. The molecule has 3 rings (SSSR count). The number of benzene rings is 1. The molecule has 2 heterocycles. The van der Waals surface area contributed by atoms with E-state index >= 15 is 0 Å². The van der Waals surface area contributed by atoms with Gasteiger partial charge in [0.05, 0.1) is 28.5 Å². The van der Waals surface area contributed by atoms with Gasteiger partial charge in [-0.1, -0.05) is 23.7 Å². The molecule has 0 saturated carbocycles. The van der Waals surface area contributed by atoms with Gasteiger partial charge < -0.3 is 0 Å². The third-order valence-electron chi connectivity index (χ3n) is 2.69. The van der Waals surface area contributed by atoms with Crippen molar-refractivity contribution in [1.82, 2.24) is 14.6 Å². The van der Waals surface area contributed by atoms with Crippen molar-refractivity contribution in [3.8, 4) is 0 Å². The summed E-state index contributed by atoms with van der Waals surface area (Å²) in [6.07, 6.45) is 6.45. The number of nitrogens with zero attached hydrogens (tertiary/aromatic N) is 3. The Morgan fingerprint density at radius 2 is 2.00 bits per heavy atom. The van der Waals surface area contributed by atoms with Crippen molar-refractivity contribution in [1.29, 1.82) is 0 Å². The first-order valence-electron chi connectivity index (χ1n) is 5.34. The van der Waals surface area contributed by atoms with Crippen LogP contribution in [0.25, 0.3) is 5.52 Å². The molecule has 5 heteroatoms. The lowest BCUT2D eigenvalue weighted by Gasteiger charge is -2.01. The maximum Gasteiger partial charge on any atom is 0.198 e. The van der Waals surface area contributed by atoms with Crippen molar-refractivity contribution in [3.05, 3.63) is 65.2 Å². The SMILES string of the molecule is O=C(c1ccccc1Cl)c1cnn2ccncc12. The van der Waals surface area contributed by atoms with Gasteiger partial charge in [0.15, 0.2) is 5.78 Å². The fourth-order valence-electron chi connectivity index (χ4n) is 1.80. The molecule has 4 nitrogen and oxygen atoms in total. The van der Waals surface area contributed by atoms with Crippen LogP contribution in [0.15, 0.2) is 49.1 Å². The molecule has 0 aliphatic rings. The third-order valence-corrected chi connectivity index (χ3v) is 3.02. The molecule has 0 bridgehead atoms. The van der Waals surface area contributed by atoms with Gasteiger partial charge in [-0.15, -0.1) is 0 Å². The Kier molecular flexibility index (Phi) is 2.57. The van der Waals surface area contributed by atoms with E-state index in [9.17, 15) is 4.79 Å². The highest BCUT2D eigenvalue weighted by molar-refractivity contribution is 6.35. The van der Waals surface area contributed by atoms with Crippen LogP contribution in [0.4, 0.5) is 0 Å². The molecule has 0 aliphatic carbocycles. The van der Waals surface area contributed by atoms with Gasteiger partial charge >= 0.3 is 0 Å². The van der Waals surface area contributed by atoms with Crippen LogP contribution in [-0.2, 0) is 0 Å². The average molecular weight is 258 g/mol. The summed E-state index contributed by atoms with van der Waals surface area (Å²) in [6, 6.07) is 6.96. The highest BCUT2D eigenvalue weighted by atomic mass is 35.5. The zero-order valence-electron chi connectivity index (χ0n) is 9.25. The summed E-state index contributed by atoms with van der Waals surface area (Å²) in [6.45, 7) is 0. The average Bonchev–Trinajstić information content (AvgIpc) is 2.82. The molecule has 1 aromatic carbocycles. The quantitative estimate of drug-likeness (QED) is 0.663. The normalized spacial score (nSPS) is 10.7. The number of hydrogen-bond donors (Lipinski definition) is 0. The van der Waals surface area contributed by atoms with Gasteiger partial charge in [-0.3, -0.25) is 9.78 Å². The molecular formula is C13H8ClN3O. The van der Waals surface area contributed by atoms with Crippen LogP contribution in [0.3, 0.4) is 0 Å². The number of carbonyl (C=O) groups excluding carboxylic acids is 1. The first-order chi connectivity index (χ1) is 8.77. The Morgan fingerprint density at radius 1 is 1.17 bits per heavy atom. The highest BCUT2D eigenvalue weighted by Crippen LogP contribution is 2.21. The lowest BCUT2D eigenvalue weighted by molar-refractivity contribution is 0.104. The first kappa shape index (κ1) is 10.9. The van der Waals surface area contributed by atoms with Crippen LogP contribution in [-0.4, -0.2) is 20.4 Å². The zero-order valence-corrected chi connectivity index (χ0v) is 10.0. The molecule has 3 aromatic rings. The molecule has 0 spiro atoms. The van der Waals surface area contributed by atoms with E-state index in [-0.39, 0.29) is 5.78 Å². The summed E-state index contributed by atoms with van der Waals surface area (Å²) in [5.41, 5.74) is 1.64. The largest absolute Gasteiger partial charge is 0.288 e. The second kappa shape index (κ2) is 4.23. The van der Waals surface area contributed by atoms with Gasteiger partial charge in [-0.25, -0.2) is 4.52 Å². The van der Waals surface area contributed by atoms with Crippen molar-refractivity contribution in [2.75, 3.05) is 0 Å². The van der Waals surface area contributed by atoms with Gasteiger partial charge in [0.1, 0.15) is 0 Å². The second-order valence-electron chi connectivity index (χ2n) is 3.77. The van der Waals surface area contributed by atoms with E-state index in [1.54, 1.807) is 47.4 Å². The lowest BCUT2D eigenvalue weighted by atomic mass is 10.1. The van der Waals surface area contributed by atoms with Gasteiger partial charge in [-0.2, -0.15) is 5.10 Å². The zero-order chi connectivity index (χ0) is 12.5. The number of ketones is 1. The van der Waals surface area contributed by atoms with E-state index in [1.807, 2.05) is 0 Å². The predicted octanol–water partition coefficient (Wildman–Crippen LogP) is 2.61. The Hall–Kier alpha value is -2.20. The standard InChI is InChI=1S/C13H8ClN3O/c14-11-4-2-1-3-9(11)13(18)10-7-16-17-6-5-15-8-12(10)17/h1-8H. The molecular weight excluding hydrogens is 250 g/mol. The minimum absolute atomic E-state index is 0.149. The highest BCUT2D eigenvalue weighted by Gasteiger charge is 2.16. The van der Waals surface area contributed by atoms with E-state index in [0.717, 1.165) is 0 Å². The maximum absolute atomic E-state index is 12.4. The summed E-state index contributed by atoms with van der Waals surface area (Å²) >= 11 is 6.02. The fourth-order valence-corrected chi connectivity index (χ4v) is 2.02. The molecule has 0 N–H and O–H groups in total. The Bertz CT molecular complexity index is 736.